The van der Waals surface area contributed by atoms with E-state index in [1.54, 1.807) is 6.08 Å². The normalized spacial score (nSPS) is 10.5. The number of para-hydroxylation sites is 2. The molecule has 0 radical (unpaired) electrons. The molecular formula is C23H27N5O2S. The maximum atomic E-state index is 12.5. The molecule has 0 saturated carbocycles. The van der Waals surface area contributed by atoms with Crippen LogP contribution in [0, 0.1) is 0 Å². The van der Waals surface area contributed by atoms with E-state index in [2.05, 4.69) is 22.1 Å². The molecule has 0 aliphatic rings. The van der Waals surface area contributed by atoms with Crippen molar-refractivity contribution >= 4 is 29.0 Å². The Morgan fingerprint density at radius 1 is 1.19 bits per heavy atom. The predicted molar refractivity (Wildman–Crippen MR) is 127 cm³/mol. The number of carbonyl (C=O) groups excluding carboxylic acids is 1. The Morgan fingerprint density at radius 3 is 2.61 bits per heavy atom. The first kappa shape index (κ1) is 22.4. The zero-order valence-electron chi connectivity index (χ0n) is 18.0. The first-order valence-electron chi connectivity index (χ1n) is 9.99. The molecule has 0 atom stereocenters. The second kappa shape index (κ2) is 10.7. The van der Waals surface area contributed by atoms with Crippen LogP contribution in [0.25, 0.3) is 11.4 Å². The van der Waals surface area contributed by atoms with Gasteiger partial charge in [-0.2, -0.15) is 0 Å². The van der Waals surface area contributed by atoms with Gasteiger partial charge >= 0.3 is 0 Å². The van der Waals surface area contributed by atoms with E-state index < -0.39 is 0 Å². The van der Waals surface area contributed by atoms with Crippen LogP contribution in [0.5, 0.6) is 5.75 Å². The van der Waals surface area contributed by atoms with E-state index >= 15 is 0 Å². The number of hydrogen-bond acceptors (Lipinski definition) is 6. The Bertz CT molecular complexity index is 1030. The maximum absolute atomic E-state index is 12.5. The molecule has 1 heterocycles. The van der Waals surface area contributed by atoms with Crippen molar-refractivity contribution in [2.24, 2.45) is 0 Å². The molecule has 0 bridgehead atoms. The molecule has 3 aromatic rings. The Hall–Kier alpha value is -3.26. The highest BCUT2D eigenvalue weighted by Gasteiger charge is 2.16. The molecule has 1 N–H and O–H groups in total. The number of rotatable bonds is 10. The van der Waals surface area contributed by atoms with Gasteiger partial charge < -0.3 is 15.0 Å². The lowest BCUT2D eigenvalue weighted by molar-refractivity contribution is -0.113. The van der Waals surface area contributed by atoms with Crippen molar-refractivity contribution in [2.75, 3.05) is 36.7 Å². The molecule has 0 saturated heterocycles. The largest absolute Gasteiger partial charge is 0.492 e. The van der Waals surface area contributed by atoms with Crippen LogP contribution in [0.4, 0.5) is 11.4 Å². The number of allylic oxidation sites excluding steroid dienone is 1. The molecule has 0 unspecified atom stereocenters. The van der Waals surface area contributed by atoms with Gasteiger partial charge in [-0.3, -0.25) is 9.36 Å². The summed E-state index contributed by atoms with van der Waals surface area (Å²) in [6, 6.07) is 15.5. The number of thioether (sulfide) groups is 1. The number of benzene rings is 2. The number of anilines is 2. The van der Waals surface area contributed by atoms with Gasteiger partial charge in [0.15, 0.2) is 11.0 Å². The average Bonchev–Trinajstić information content (AvgIpc) is 3.17. The Kier molecular flexibility index (Phi) is 7.72. The zero-order chi connectivity index (χ0) is 22.2. The molecule has 8 heteroatoms. The summed E-state index contributed by atoms with van der Waals surface area (Å²) < 4.78 is 7.53. The Balaban J connectivity index is 1.72. The average molecular weight is 438 g/mol. The van der Waals surface area contributed by atoms with E-state index in [1.165, 1.54) is 11.8 Å². The summed E-state index contributed by atoms with van der Waals surface area (Å²) in [5.74, 6) is 1.47. The van der Waals surface area contributed by atoms with Gasteiger partial charge in [0.25, 0.3) is 0 Å². The smallest absolute Gasteiger partial charge is 0.234 e. The van der Waals surface area contributed by atoms with Gasteiger partial charge in [-0.1, -0.05) is 30.0 Å². The summed E-state index contributed by atoms with van der Waals surface area (Å²) >= 11 is 1.34. The number of carbonyl (C=O) groups is 1. The lowest BCUT2D eigenvalue weighted by atomic mass is 10.2. The Labute approximate surface area is 187 Å². The molecule has 162 valence electrons. The second-order valence-corrected chi connectivity index (χ2v) is 7.86. The quantitative estimate of drug-likeness (QED) is 0.376. The van der Waals surface area contributed by atoms with E-state index in [-0.39, 0.29) is 11.7 Å². The summed E-state index contributed by atoms with van der Waals surface area (Å²) in [5.41, 5.74) is 2.73. The molecular weight excluding hydrogens is 410 g/mol. The standard InChI is InChI=1S/C23H27N5O2S/c1-5-15-28-22(17-11-13-18(14-12-17)27(3)4)25-26-23(28)31-16-21(29)24-19-9-7-8-10-20(19)30-6-2/h5,7-14H,1,6,15-16H2,2-4H3,(H,24,29). The maximum Gasteiger partial charge on any atom is 0.234 e. The van der Waals surface area contributed by atoms with Crippen LogP contribution >= 0.6 is 11.8 Å². The number of amides is 1. The molecule has 1 aromatic heterocycles. The lowest BCUT2D eigenvalue weighted by Crippen LogP contribution is -2.15. The van der Waals surface area contributed by atoms with E-state index in [0.29, 0.717) is 29.7 Å². The minimum Gasteiger partial charge on any atom is -0.492 e. The van der Waals surface area contributed by atoms with Crippen LogP contribution in [0.1, 0.15) is 6.92 Å². The molecule has 3 rings (SSSR count). The summed E-state index contributed by atoms with van der Waals surface area (Å²) in [5, 5.41) is 12.2. The van der Waals surface area contributed by atoms with Gasteiger partial charge in [0.1, 0.15) is 5.75 Å². The van der Waals surface area contributed by atoms with Crippen molar-refractivity contribution in [1.82, 2.24) is 14.8 Å². The van der Waals surface area contributed by atoms with Gasteiger partial charge in [-0.25, -0.2) is 0 Å². The van der Waals surface area contributed by atoms with Crippen LogP contribution in [-0.2, 0) is 11.3 Å². The highest BCUT2D eigenvalue weighted by atomic mass is 32.2. The fourth-order valence-corrected chi connectivity index (χ4v) is 3.73. The Morgan fingerprint density at radius 2 is 1.94 bits per heavy atom. The van der Waals surface area contributed by atoms with E-state index in [1.807, 2.05) is 79.0 Å². The summed E-state index contributed by atoms with van der Waals surface area (Å²) in [6.45, 7) is 6.83. The van der Waals surface area contributed by atoms with Crippen LogP contribution < -0.4 is 15.0 Å². The highest BCUT2D eigenvalue weighted by Crippen LogP contribution is 2.27. The second-order valence-electron chi connectivity index (χ2n) is 6.91. The molecule has 0 aliphatic heterocycles. The molecule has 0 spiro atoms. The fraction of sp³-hybridized carbons (Fsp3) is 0.261. The van der Waals surface area contributed by atoms with E-state index in [0.717, 1.165) is 17.1 Å². The van der Waals surface area contributed by atoms with Crippen molar-refractivity contribution in [3.05, 3.63) is 61.2 Å². The van der Waals surface area contributed by atoms with Gasteiger partial charge in [0.05, 0.1) is 18.0 Å². The fourth-order valence-electron chi connectivity index (χ4n) is 2.98. The summed E-state index contributed by atoms with van der Waals surface area (Å²) in [6.07, 6.45) is 1.80. The predicted octanol–water partition coefficient (Wildman–Crippen LogP) is 4.33. The first-order valence-corrected chi connectivity index (χ1v) is 11.0. The van der Waals surface area contributed by atoms with Crippen LogP contribution in [-0.4, -0.2) is 47.1 Å². The minimum absolute atomic E-state index is 0.137. The third kappa shape index (κ3) is 5.67. The third-order valence-corrected chi connectivity index (χ3v) is 5.43. The van der Waals surface area contributed by atoms with Gasteiger partial charge in [0, 0.05) is 31.9 Å². The zero-order valence-corrected chi connectivity index (χ0v) is 18.9. The topological polar surface area (TPSA) is 72.3 Å². The number of nitrogens with one attached hydrogen (secondary N) is 1. The van der Waals surface area contributed by atoms with Gasteiger partial charge in [-0.15, -0.1) is 16.8 Å². The summed E-state index contributed by atoms with van der Waals surface area (Å²) in [7, 11) is 4.00. The minimum atomic E-state index is -0.137. The van der Waals surface area contributed by atoms with Crippen molar-refractivity contribution < 1.29 is 9.53 Å². The number of nitrogens with zero attached hydrogens (tertiary/aromatic N) is 4. The molecule has 1 amide bonds. The highest BCUT2D eigenvalue weighted by molar-refractivity contribution is 7.99. The first-order chi connectivity index (χ1) is 15.0. The van der Waals surface area contributed by atoms with Crippen molar-refractivity contribution in [3.63, 3.8) is 0 Å². The third-order valence-electron chi connectivity index (χ3n) is 4.46. The molecule has 31 heavy (non-hydrogen) atoms. The monoisotopic (exact) mass is 437 g/mol. The van der Waals surface area contributed by atoms with Crippen LogP contribution in [0.2, 0.25) is 0 Å². The molecule has 2 aromatic carbocycles. The van der Waals surface area contributed by atoms with Crippen molar-refractivity contribution in [3.8, 4) is 17.1 Å². The number of ether oxygens (including phenoxy) is 1. The van der Waals surface area contributed by atoms with E-state index in [9.17, 15) is 4.79 Å². The number of aromatic nitrogens is 3. The van der Waals surface area contributed by atoms with Crippen LogP contribution in [0.15, 0.2) is 66.3 Å². The van der Waals surface area contributed by atoms with E-state index in [4.69, 9.17) is 4.74 Å². The molecule has 0 aliphatic carbocycles. The van der Waals surface area contributed by atoms with Crippen LogP contribution in [0.3, 0.4) is 0 Å². The molecule has 0 fully saturated rings. The molecule has 7 nitrogen and oxygen atoms in total. The number of hydrogen-bond donors (Lipinski definition) is 1. The summed E-state index contributed by atoms with van der Waals surface area (Å²) in [4.78, 5) is 14.6. The van der Waals surface area contributed by atoms with Gasteiger partial charge in [0.2, 0.25) is 5.91 Å². The van der Waals surface area contributed by atoms with Gasteiger partial charge in [-0.05, 0) is 43.3 Å². The van der Waals surface area contributed by atoms with Crippen molar-refractivity contribution in [2.45, 2.75) is 18.6 Å². The lowest BCUT2D eigenvalue weighted by Gasteiger charge is -2.13. The van der Waals surface area contributed by atoms with Crippen molar-refractivity contribution in [1.29, 1.82) is 0 Å². The SMILES string of the molecule is C=CCn1c(SCC(=O)Nc2ccccc2OCC)nnc1-c1ccc(N(C)C)cc1.